The summed E-state index contributed by atoms with van der Waals surface area (Å²) in [5, 5.41) is 11.9. The summed E-state index contributed by atoms with van der Waals surface area (Å²) in [6.45, 7) is 2.99. The average molecular weight is 450 g/mol. The van der Waals surface area contributed by atoms with Crippen LogP contribution in [-0.2, 0) is 23.3 Å². The molecule has 1 unspecified atom stereocenters. The Kier molecular flexibility index (Phi) is 7.63. The van der Waals surface area contributed by atoms with Gasteiger partial charge < -0.3 is 18.7 Å². The first-order chi connectivity index (χ1) is 16.0. The number of benzene rings is 2. The third-order valence-electron chi connectivity index (χ3n) is 6.84. The summed E-state index contributed by atoms with van der Waals surface area (Å²) in [7, 11) is 4.34. The van der Waals surface area contributed by atoms with Crippen LogP contribution in [0.4, 0.5) is 0 Å². The van der Waals surface area contributed by atoms with Gasteiger partial charge in [-0.15, -0.1) is 0 Å². The molecule has 1 fully saturated rings. The van der Waals surface area contributed by atoms with E-state index in [1.54, 1.807) is 6.20 Å². The smallest absolute Gasteiger partial charge is 0.231 e. The van der Waals surface area contributed by atoms with E-state index < -0.39 is 5.60 Å². The lowest BCUT2D eigenvalue weighted by Gasteiger charge is -2.32. The van der Waals surface area contributed by atoms with Gasteiger partial charge in [-0.2, -0.15) is 0 Å². The Labute approximate surface area is 197 Å². The minimum Gasteiger partial charge on any atom is -0.436 e. The molecule has 1 aliphatic carbocycles. The van der Waals surface area contributed by atoms with Crippen LogP contribution >= 0.6 is 0 Å². The second-order valence-electron chi connectivity index (χ2n) is 9.91. The predicted molar refractivity (Wildman–Crippen MR) is 130 cm³/mol. The molecular formula is C28H37N2O3+. The van der Waals surface area contributed by atoms with Gasteiger partial charge >= 0.3 is 0 Å². The molecule has 1 saturated carbocycles. The fraction of sp³-hybridized carbons (Fsp3) is 0.464. The van der Waals surface area contributed by atoms with Crippen molar-refractivity contribution in [3.8, 4) is 0 Å². The number of hydrogen-bond acceptors (Lipinski definition) is 4. The Morgan fingerprint density at radius 2 is 1.67 bits per heavy atom. The van der Waals surface area contributed by atoms with Crippen LogP contribution in [-0.4, -0.2) is 48.4 Å². The molecule has 0 spiro atoms. The Balaban J connectivity index is 1.36. The molecule has 33 heavy (non-hydrogen) atoms. The maximum Gasteiger partial charge on any atom is 0.231 e. The number of aliphatic hydroxyl groups is 1. The van der Waals surface area contributed by atoms with E-state index >= 15 is 0 Å². The van der Waals surface area contributed by atoms with E-state index in [0.29, 0.717) is 19.0 Å². The molecule has 5 heteroatoms. The van der Waals surface area contributed by atoms with Crippen molar-refractivity contribution in [1.29, 1.82) is 0 Å². The van der Waals surface area contributed by atoms with Gasteiger partial charge in [0.15, 0.2) is 11.4 Å². The largest absolute Gasteiger partial charge is 0.436 e. The minimum absolute atomic E-state index is 0.131. The summed E-state index contributed by atoms with van der Waals surface area (Å²) in [4.78, 5) is 4.58. The van der Waals surface area contributed by atoms with Crippen molar-refractivity contribution >= 4 is 0 Å². The molecule has 0 saturated heterocycles. The molecule has 0 amide bonds. The van der Waals surface area contributed by atoms with Gasteiger partial charge in [0, 0.05) is 5.92 Å². The standard InChI is InChI=1S/C28H37N2O3/c1-30(2,18-20-32-19-17-23-11-5-3-6-12-23)22-26-21-29-27(33-26)28(31,25-15-9-10-16-25)24-13-7-4-8-14-24/h3-8,11-14,21,25,31H,9-10,15-20,22H2,1-2H3/q+1. The normalized spacial score (nSPS) is 16.7. The summed E-state index contributed by atoms with van der Waals surface area (Å²) in [5.74, 6) is 1.35. The van der Waals surface area contributed by atoms with Gasteiger partial charge in [-0.1, -0.05) is 73.5 Å². The highest BCUT2D eigenvalue weighted by atomic mass is 16.5. The SMILES string of the molecule is C[N+](C)(CCOCCc1ccccc1)Cc1cnc(C(O)(c2ccccc2)C2CCCC2)o1. The molecule has 4 rings (SSSR count). The maximum absolute atomic E-state index is 11.9. The van der Waals surface area contributed by atoms with Crippen molar-refractivity contribution in [2.45, 2.75) is 44.2 Å². The number of nitrogens with zero attached hydrogens (tertiary/aromatic N) is 2. The van der Waals surface area contributed by atoms with E-state index in [0.717, 1.165) is 61.1 Å². The molecule has 2 aromatic carbocycles. The third kappa shape index (κ3) is 5.91. The van der Waals surface area contributed by atoms with Crippen molar-refractivity contribution in [2.75, 3.05) is 33.9 Å². The highest BCUT2D eigenvalue weighted by Gasteiger charge is 2.45. The van der Waals surface area contributed by atoms with E-state index in [9.17, 15) is 5.11 Å². The quantitative estimate of drug-likeness (QED) is 0.333. The molecule has 0 aliphatic heterocycles. The van der Waals surface area contributed by atoms with Gasteiger partial charge in [-0.05, 0) is 30.4 Å². The van der Waals surface area contributed by atoms with Crippen molar-refractivity contribution < 1.29 is 18.7 Å². The molecule has 0 radical (unpaired) electrons. The van der Waals surface area contributed by atoms with E-state index in [1.165, 1.54) is 5.56 Å². The second-order valence-corrected chi connectivity index (χ2v) is 9.91. The summed E-state index contributed by atoms with van der Waals surface area (Å²) in [5.41, 5.74) is 0.993. The van der Waals surface area contributed by atoms with Crippen molar-refractivity contribution in [3.63, 3.8) is 0 Å². The van der Waals surface area contributed by atoms with Crippen LogP contribution < -0.4 is 0 Å². The summed E-state index contributed by atoms with van der Waals surface area (Å²) in [6.07, 6.45) is 6.98. The molecule has 1 heterocycles. The molecular weight excluding hydrogens is 412 g/mol. The zero-order valence-corrected chi connectivity index (χ0v) is 20.0. The molecule has 5 nitrogen and oxygen atoms in total. The number of likely N-dealkylation sites (N-methyl/N-ethyl adjacent to an activating group) is 1. The maximum atomic E-state index is 11.9. The molecule has 1 atom stereocenters. The van der Waals surface area contributed by atoms with Crippen molar-refractivity contribution in [1.82, 2.24) is 4.98 Å². The van der Waals surface area contributed by atoms with Gasteiger partial charge in [-0.25, -0.2) is 4.98 Å². The fourth-order valence-electron chi connectivity index (χ4n) is 4.88. The van der Waals surface area contributed by atoms with Gasteiger partial charge in [0.05, 0.1) is 33.5 Å². The van der Waals surface area contributed by atoms with E-state index in [-0.39, 0.29) is 5.92 Å². The summed E-state index contributed by atoms with van der Waals surface area (Å²) in [6, 6.07) is 20.3. The lowest BCUT2D eigenvalue weighted by atomic mass is 9.80. The number of quaternary nitrogens is 1. The lowest BCUT2D eigenvalue weighted by Crippen LogP contribution is -2.41. The van der Waals surface area contributed by atoms with Crippen LogP contribution in [0.1, 0.15) is 48.5 Å². The molecule has 3 aromatic rings. The van der Waals surface area contributed by atoms with Crippen LogP contribution in [0.5, 0.6) is 0 Å². The van der Waals surface area contributed by atoms with Crippen LogP contribution in [0.25, 0.3) is 0 Å². The Hall–Kier alpha value is -2.47. The van der Waals surface area contributed by atoms with Crippen LogP contribution in [0.15, 0.2) is 71.3 Å². The molecule has 1 aromatic heterocycles. The van der Waals surface area contributed by atoms with E-state index in [1.807, 2.05) is 36.4 Å². The molecule has 176 valence electrons. The average Bonchev–Trinajstić information content (AvgIpc) is 3.52. The first kappa shape index (κ1) is 23.7. The van der Waals surface area contributed by atoms with Crippen LogP contribution in [0.3, 0.4) is 0 Å². The molecule has 0 bridgehead atoms. The summed E-state index contributed by atoms with van der Waals surface area (Å²) < 4.78 is 12.8. The monoisotopic (exact) mass is 449 g/mol. The van der Waals surface area contributed by atoms with Gasteiger partial charge in [0.2, 0.25) is 5.89 Å². The number of hydrogen-bond donors (Lipinski definition) is 1. The number of oxazole rings is 1. The topological polar surface area (TPSA) is 55.5 Å². The first-order valence-electron chi connectivity index (χ1n) is 12.1. The second kappa shape index (κ2) is 10.6. The Bertz CT molecular complexity index is 981. The molecule has 1 N–H and O–H groups in total. The van der Waals surface area contributed by atoms with E-state index in [4.69, 9.17) is 9.15 Å². The minimum atomic E-state index is -1.17. The number of aromatic nitrogens is 1. The Morgan fingerprint density at radius 3 is 2.36 bits per heavy atom. The van der Waals surface area contributed by atoms with Gasteiger partial charge in [-0.3, -0.25) is 0 Å². The predicted octanol–water partition coefficient (Wildman–Crippen LogP) is 4.94. The lowest BCUT2D eigenvalue weighted by molar-refractivity contribution is -0.904. The van der Waals surface area contributed by atoms with Crippen LogP contribution in [0, 0.1) is 5.92 Å². The Morgan fingerprint density at radius 1 is 1.00 bits per heavy atom. The highest BCUT2D eigenvalue weighted by molar-refractivity contribution is 5.30. The van der Waals surface area contributed by atoms with Gasteiger partial charge in [0.25, 0.3) is 0 Å². The fourth-order valence-corrected chi connectivity index (χ4v) is 4.88. The number of rotatable bonds is 11. The van der Waals surface area contributed by atoms with Gasteiger partial charge in [0.1, 0.15) is 13.1 Å². The third-order valence-corrected chi connectivity index (χ3v) is 6.84. The van der Waals surface area contributed by atoms with Crippen LogP contribution in [0.2, 0.25) is 0 Å². The van der Waals surface area contributed by atoms with Crippen molar-refractivity contribution in [3.05, 3.63) is 89.6 Å². The zero-order chi connectivity index (χ0) is 23.2. The van der Waals surface area contributed by atoms with Crippen molar-refractivity contribution in [2.24, 2.45) is 5.92 Å². The molecule has 1 aliphatic rings. The first-order valence-corrected chi connectivity index (χ1v) is 12.1. The number of ether oxygens (including phenoxy) is 1. The zero-order valence-electron chi connectivity index (χ0n) is 20.0. The highest BCUT2D eigenvalue weighted by Crippen LogP contribution is 2.44. The summed E-state index contributed by atoms with van der Waals surface area (Å²) >= 11 is 0. The van der Waals surface area contributed by atoms with E-state index in [2.05, 4.69) is 43.3 Å².